The van der Waals surface area contributed by atoms with Gasteiger partial charge in [-0.3, -0.25) is 0 Å². The van der Waals surface area contributed by atoms with Crippen molar-refractivity contribution >= 4 is 36.8 Å². The summed E-state index contributed by atoms with van der Waals surface area (Å²) in [7, 11) is -1.82. The molecule has 1 unspecified atom stereocenters. The van der Waals surface area contributed by atoms with E-state index in [0.29, 0.717) is 13.0 Å². The first kappa shape index (κ1) is 23.7. The Morgan fingerprint density at radius 1 is 1.35 bits per heavy atom. The van der Waals surface area contributed by atoms with Crippen molar-refractivity contribution in [2.75, 3.05) is 0 Å². The van der Waals surface area contributed by atoms with Crippen LogP contribution in [0.25, 0.3) is 0 Å². The third-order valence-corrected chi connectivity index (χ3v) is 14.9. The number of hydrogen-bond acceptors (Lipinski definition) is 3. The summed E-state index contributed by atoms with van der Waals surface area (Å²) in [5.74, 6) is 1.12. The van der Waals surface area contributed by atoms with Crippen LogP contribution in [0.15, 0.2) is 22.6 Å². The molecule has 0 spiro atoms. The van der Waals surface area contributed by atoms with Crippen molar-refractivity contribution < 1.29 is 13.6 Å². The van der Waals surface area contributed by atoms with E-state index in [4.69, 9.17) is 8.84 Å². The standard InChI is InChI=1S/C18H29O3Si.3CH3.Sn/c1-14(2)15(8-10-19)12-17-16(9-11-20-17)13-21-22(6,7)18(3,4)5;;;;/h9-10,15H,1,8,12-13H2,2-7H3;3*1H3;. The monoisotopic (exact) mass is 486 g/mol. The first-order chi connectivity index (χ1) is 11.7. The third kappa shape index (κ3) is 6.38. The molecular weight excluding hydrogens is 447 g/mol. The molecule has 1 atom stereocenters. The quantitative estimate of drug-likeness (QED) is 0.257. The molecule has 148 valence electrons. The molecule has 1 rings (SSSR count). The van der Waals surface area contributed by atoms with Gasteiger partial charge in [0.05, 0.1) is 0 Å². The number of hydrogen-bond donors (Lipinski definition) is 0. The Bertz CT molecular complexity index is 633. The van der Waals surface area contributed by atoms with Gasteiger partial charge >= 0.3 is 166 Å². The van der Waals surface area contributed by atoms with Gasteiger partial charge in [0.2, 0.25) is 0 Å². The van der Waals surface area contributed by atoms with Crippen LogP contribution in [0.3, 0.4) is 0 Å². The first-order valence-corrected chi connectivity index (χ1v) is 22.4. The third-order valence-electron chi connectivity index (χ3n) is 5.54. The van der Waals surface area contributed by atoms with E-state index in [1.165, 1.54) is 3.78 Å². The van der Waals surface area contributed by atoms with E-state index in [9.17, 15) is 4.79 Å². The van der Waals surface area contributed by atoms with Crippen LogP contribution in [0.5, 0.6) is 0 Å². The Balaban J connectivity index is 3.14. The molecule has 0 aliphatic heterocycles. The van der Waals surface area contributed by atoms with Crippen LogP contribution in [-0.4, -0.2) is 33.0 Å². The van der Waals surface area contributed by atoms with Crippen LogP contribution in [0.1, 0.15) is 45.4 Å². The Labute approximate surface area is 165 Å². The minimum absolute atomic E-state index is 0.133. The summed E-state index contributed by atoms with van der Waals surface area (Å²) in [4.78, 5) is 18.1. The van der Waals surface area contributed by atoms with Gasteiger partial charge in [-0.2, -0.15) is 0 Å². The second kappa shape index (κ2) is 8.78. The van der Waals surface area contributed by atoms with Gasteiger partial charge in [-0.25, -0.2) is 0 Å². The Morgan fingerprint density at radius 3 is 2.35 bits per heavy atom. The van der Waals surface area contributed by atoms with Crippen molar-refractivity contribution in [1.82, 2.24) is 0 Å². The molecule has 26 heavy (non-hydrogen) atoms. The number of carbonyl (C=O) groups excluding carboxylic acids is 1. The Kier molecular flexibility index (Phi) is 8.00. The minimum atomic E-state index is -2.32. The van der Waals surface area contributed by atoms with Crippen molar-refractivity contribution in [3.63, 3.8) is 0 Å². The predicted molar refractivity (Wildman–Crippen MR) is 116 cm³/mol. The van der Waals surface area contributed by atoms with Crippen molar-refractivity contribution in [1.29, 1.82) is 0 Å². The van der Waals surface area contributed by atoms with Crippen molar-refractivity contribution in [3.8, 4) is 0 Å². The van der Waals surface area contributed by atoms with E-state index in [1.54, 1.807) is 0 Å². The summed E-state index contributed by atoms with van der Waals surface area (Å²) in [6.07, 6.45) is 2.21. The summed E-state index contributed by atoms with van der Waals surface area (Å²) in [5, 5.41) is 0.181. The summed E-state index contributed by atoms with van der Waals surface area (Å²) >= 11 is -2.32. The number of furan rings is 1. The zero-order valence-electron chi connectivity index (χ0n) is 18.3. The van der Waals surface area contributed by atoms with E-state index in [2.05, 4.69) is 61.3 Å². The average molecular weight is 485 g/mol. The molecule has 0 aromatic carbocycles. The molecule has 0 aliphatic rings. The fourth-order valence-corrected chi connectivity index (χ4v) is 6.31. The SMILES string of the molecule is C=C(C)C(CC=O)Cc1o[c]([Sn]([CH3])([CH3])[CH3])cc1CO[Si](C)(C)C(C)(C)C. The number of rotatable bonds is 9. The molecule has 0 amide bonds. The molecule has 1 aromatic rings. The topological polar surface area (TPSA) is 39.4 Å². The molecule has 3 nitrogen and oxygen atoms in total. The van der Waals surface area contributed by atoms with Crippen LogP contribution >= 0.6 is 0 Å². The van der Waals surface area contributed by atoms with Gasteiger partial charge in [-0.1, -0.05) is 0 Å². The average Bonchev–Trinajstić information content (AvgIpc) is 2.86. The predicted octanol–water partition coefficient (Wildman–Crippen LogP) is 5.67. The van der Waals surface area contributed by atoms with Gasteiger partial charge < -0.3 is 0 Å². The van der Waals surface area contributed by atoms with E-state index in [-0.39, 0.29) is 11.0 Å². The van der Waals surface area contributed by atoms with Gasteiger partial charge in [0, 0.05) is 0 Å². The van der Waals surface area contributed by atoms with Gasteiger partial charge in [0.25, 0.3) is 0 Å². The van der Waals surface area contributed by atoms with E-state index < -0.39 is 26.7 Å². The molecule has 1 aromatic heterocycles. The molecule has 0 bridgehead atoms. The second-order valence-corrected chi connectivity index (χ2v) is 29.1. The zero-order valence-corrected chi connectivity index (χ0v) is 22.1. The number of carbonyl (C=O) groups is 1. The van der Waals surface area contributed by atoms with E-state index in [1.807, 2.05) is 6.92 Å². The van der Waals surface area contributed by atoms with Crippen LogP contribution in [-0.2, 0) is 22.2 Å². The van der Waals surface area contributed by atoms with Crippen LogP contribution in [0.2, 0.25) is 33.0 Å². The maximum atomic E-state index is 11.0. The maximum absolute atomic E-state index is 11.0. The Hall–Kier alpha value is -0.334. The summed E-state index contributed by atoms with van der Waals surface area (Å²) < 4.78 is 14.0. The van der Waals surface area contributed by atoms with E-state index >= 15 is 0 Å². The number of allylic oxidation sites excluding steroid dienone is 1. The second-order valence-electron chi connectivity index (χ2n) is 10.0. The molecular formula is C21H38O3SiSn. The molecule has 5 heteroatoms. The fourth-order valence-electron chi connectivity index (χ4n) is 2.40. The summed E-state index contributed by atoms with van der Waals surface area (Å²) in [5.41, 5.74) is 2.19. The first-order valence-electron chi connectivity index (χ1n) is 9.54. The van der Waals surface area contributed by atoms with Crippen LogP contribution in [0, 0.1) is 5.92 Å². The summed E-state index contributed by atoms with van der Waals surface area (Å²) in [6, 6.07) is 2.23. The molecule has 0 radical (unpaired) electrons. The molecule has 0 saturated heterocycles. The molecule has 0 aliphatic carbocycles. The van der Waals surface area contributed by atoms with Crippen molar-refractivity contribution in [3.05, 3.63) is 29.5 Å². The van der Waals surface area contributed by atoms with E-state index in [0.717, 1.165) is 29.6 Å². The molecule has 0 N–H and O–H groups in total. The van der Waals surface area contributed by atoms with Crippen molar-refractivity contribution in [2.45, 2.75) is 80.1 Å². The summed E-state index contributed by atoms with van der Waals surface area (Å²) in [6.45, 7) is 18.0. The number of aldehydes is 1. The molecule has 0 saturated carbocycles. The van der Waals surface area contributed by atoms with Crippen LogP contribution in [0.4, 0.5) is 0 Å². The fraction of sp³-hybridized carbons (Fsp3) is 0.667. The Morgan fingerprint density at radius 2 is 1.92 bits per heavy atom. The molecule has 1 heterocycles. The van der Waals surface area contributed by atoms with Gasteiger partial charge in [-0.05, 0) is 0 Å². The van der Waals surface area contributed by atoms with Crippen LogP contribution < -0.4 is 3.78 Å². The normalized spacial score (nSPS) is 14.3. The molecule has 0 fully saturated rings. The van der Waals surface area contributed by atoms with Gasteiger partial charge in [-0.15, -0.1) is 0 Å². The van der Waals surface area contributed by atoms with Gasteiger partial charge in [0.1, 0.15) is 0 Å². The van der Waals surface area contributed by atoms with Crippen molar-refractivity contribution in [2.24, 2.45) is 5.92 Å². The zero-order chi connectivity index (χ0) is 20.3. The van der Waals surface area contributed by atoms with Gasteiger partial charge in [0.15, 0.2) is 0 Å².